The molecule has 0 radical (unpaired) electrons. The molecule has 0 bridgehead atoms. The fraction of sp³-hybridized carbons (Fsp3) is 0.417. The lowest BCUT2D eigenvalue weighted by molar-refractivity contribution is -0.384. The summed E-state index contributed by atoms with van der Waals surface area (Å²) >= 11 is 0. The maximum atomic E-state index is 11.8. The number of likely N-dealkylation sites (N-methyl/N-ethyl adjacent to an activating group) is 1. The molecule has 1 saturated heterocycles. The molecule has 3 rings (SSSR count). The van der Waals surface area contributed by atoms with Gasteiger partial charge in [-0.2, -0.15) is 0 Å². The summed E-state index contributed by atoms with van der Waals surface area (Å²) < 4.78 is 0. The number of carbonyl (C=O) groups excluding carboxylic acids is 1. The quantitative estimate of drug-likeness (QED) is 0.603. The number of azo groups is 1. The second-order valence-corrected chi connectivity index (χ2v) is 4.88. The predicted molar refractivity (Wildman–Crippen MR) is 71.7 cm³/mol. The van der Waals surface area contributed by atoms with Crippen molar-refractivity contribution in [1.82, 2.24) is 4.90 Å². The largest absolute Gasteiger partial charge is 0.368 e. The van der Waals surface area contributed by atoms with E-state index < -0.39 is 10.8 Å². The van der Waals surface area contributed by atoms with Gasteiger partial charge in [0.15, 0.2) is 5.69 Å². The summed E-state index contributed by atoms with van der Waals surface area (Å²) in [6.45, 7) is 3.31. The van der Waals surface area contributed by atoms with Crippen LogP contribution in [0.15, 0.2) is 22.4 Å². The Hall–Kier alpha value is -2.35. The van der Waals surface area contributed by atoms with Crippen LogP contribution in [-0.2, 0) is 0 Å². The minimum Gasteiger partial charge on any atom is -0.368 e. The van der Waals surface area contributed by atoms with Crippen LogP contribution in [-0.4, -0.2) is 49.0 Å². The molecule has 2 aliphatic rings. The van der Waals surface area contributed by atoms with Gasteiger partial charge in [-0.1, -0.05) is 0 Å². The molecule has 104 valence electrons. The van der Waals surface area contributed by atoms with E-state index in [0.29, 0.717) is 5.69 Å². The number of nitrogens with zero attached hydrogens (tertiary/aromatic N) is 5. The molecule has 20 heavy (non-hydrogen) atoms. The van der Waals surface area contributed by atoms with Gasteiger partial charge in [0.1, 0.15) is 5.56 Å². The molecule has 0 aliphatic carbocycles. The number of piperazine rings is 1. The van der Waals surface area contributed by atoms with Gasteiger partial charge in [-0.25, -0.2) is 0 Å². The Bertz CT molecular complexity index is 620. The molecule has 1 amide bonds. The van der Waals surface area contributed by atoms with E-state index in [1.807, 2.05) is 7.05 Å². The van der Waals surface area contributed by atoms with Crippen LogP contribution in [0.4, 0.5) is 17.1 Å². The van der Waals surface area contributed by atoms with Crippen molar-refractivity contribution in [1.29, 1.82) is 0 Å². The molecule has 2 aliphatic heterocycles. The topological polar surface area (TPSA) is 91.4 Å². The number of amides is 1. The summed E-state index contributed by atoms with van der Waals surface area (Å²) in [6.07, 6.45) is 0. The van der Waals surface area contributed by atoms with E-state index in [9.17, 15) is 14.9 Å². The van der Waals surface area contributed by atoms with Gasteiger partial charge in [0.25, 0.3) is 11.6 Å². The molecule has 0 N–H and O–H groups in total. The Kier molecular flexibility index (Phi) is 2.94. The first-order valence-electron chi connectivity index (χ1n) is 6.29. The molecule has 1 aromatic carbocycles. The fourth-order valence-electron chi connectivity index (χ4n) is 2.49. The van der Waals surface area contributed by atoms with E-state index >= 15 is 0 Å². The first-order valence-corrected chi connectivity index (χ1v) is 6.29. The first-order chi connectivity index (χ1) is 9.58. The molecule has 1 fully saturated rings. The average molecular weight is 275 g/mol. The zero-order valence-electron chi connectivity index (χ0n) is 10.9. The number of benzene rings is 1. The summed E-state index contributed by atoms with van der Waals surface area (Å²) in [4.78, 5) is 26.5. The van der Waals surface area contributed by atoms with Gasteiger partial charge >= 0.3 is 0 Å². The van der Waals surface area contributed by atoms with Crippen LogP contribution in [0.3, 0.4) is 0 Å². The fourth-order valence-corrected chi connectivity index (χ4v) is 2.49. The van der Waals surface area contributed by atoms with Crippen molar-refractivity contribution in [3.05, 3.63) is 27.8 Å². The number of anilines is 1. The number of nitro benzene ring substituents is 1. The average Bonchev–Trinajstić information content (AvgIpc) is 2.81. The van der Waals surface area contributed by atoms with Crippen LogP contribution in [0, 0.1) is 10.1 Å². The van der Waals surface area contributed by atoms with Crippen LogP contribution >= 0.6 is 0 Å². The van der Waals surface area contributed by atoms with Gasteiger partial charge in [-0.15, -0.1) is 10.2 Å². The summed E-state index contributed by atoms with van der Waals surface area (Å²) in [5, 5.41) is 18.1. The molecule has 1 aromatic rings. The SMILES string of the molecule is CN1CCN(c2ccc([N+](=O)[O-])c3c2C(=O)N=N3)CC1. The Morgan fingerprint density at radius 2 is 1.90 bits per heavy atom. The van der Waals surface area contributed by atoms with Gasteiger partial charge in [-0.05, 0) is 13.1 Å². The van der Waals surface area contributed by atoms with Crippen molar-refractivity contribution in [2.24, 2.45) is 10.2 Å². The monoisotopic (exact) mass is 275 g/mol. The van der Waals surface area contributed by atoms with Gasteiger partial charge in [-0.3, -0.25) is 14.9 Å². The predicted octanol–water partition coefficient (Wildman–Crippen LogP) is 1.58. The lowest BCUT2D eigenvalue weighted by Gasteiger charge is -2.34. The molecule has 0 atom stereocenters. The molecule has 0 aromatic heterocycles. The summed E-state index contributed by atoms with van der Waals surface area (Å²) in [7, 11) is 2.04. The zero-order chi connectivity index (χ0) is 14.3. The van der Waals surface area contributed by atoms with E-state index in [1.54, 1.807) is 6.07 Å². The minimum absolute atomic E-state index is 0.0800. The van der Waals surface area contributed by atoms with E-state index in [0.717, 1.165) is 26.2 Å². The van der Waals surface area contributed by atoms with Gasteiger partial charge < -0.3 is 9.80 Å². The van der Waals surface area contributed by atoms with Crippen LogP contribution < -0.4 is 4.90 Å². The normalized spacial score (nSPS) is 18.4. The highest BCUT2D eigenvalue weighted by atomic mass is 16.6. The molecule has 8 heteroatoms. The highest BCUT2D eigenvalue weighted by Gasteiger charge is 2.32. The van der Waals surface area contributed by atoms with Crippen molar-refractivity contribution in [2.75, 3.05) is 38.1 Å². The number of fused-ring (bicyclic) bond motifs is 1. The van der Waals surface area contributed by atoms with Crippen LogP contribution in [0.5, 0.6) is 0 Å². The lowest BCUT2D eigenvalue weighted by Crippen LogP contribution is -2.44. The summed E-state index contributed by atoms with van der Waals surface area (Å²) in [6, 6.07) is 3.01. The van der Waals surface area contributed by atoms with Crippen molar-refractivity contribution in [3.8, 4) is 0 Å². The molecule has 0 spiro atoms. The second-order valence-electron chi connectivity index (χ2n) is 4.88. The van der Waals surface area contributed by atoms with Crippen LogP contribution in [0.1, 0.15) is 10.4 Å². The van der Waals surface area contributed by atoms with E-state index in [2.05, 4.69) is 20.0 Å². The Balaban J connectivity index is 2.04. The number of nitro groups is 1. The lowest BCUT2D eigenvalue weighted by atomic mass is 10.1. The highest BCUT2D eigenvalue weighted by molar-refractivity contribution is 6.08. The molecular weight excluding hydrogens is 262 g/mol. The minimum atomic E-state index is -0.537. The highest BCUT2D eigenvalue weighted by Crippen LogP contribution is 2.41. The summed E-state index contributed by atoms with van der Waals surface area (Å²) in [5.41, 5.74) is 0.848. The molecule has 0 unspecified atom stereocenters. The number of carbonyl (C=O) groups is 1. The standard InChI is InChI=1S/C12H13N5O3/c1-15-4-6-16(7-5-15)8-2-3-9(17(19)20)11-10(8)12(18)14-13-11/h2-3H,4-7H2,1H3. The van der Waals surface area contributed by atoms with Crippen LogP contribution in [0.25, 0.3) is 0 Å². The van der Waals surface area contributed by atoms with E-state index in [1.165, 1.54) is 6.07 Å². The first kappa shape index (κ1) is 12.7. The van der Waals surface area contributed by atoms with E-state index in [-0.39, 0.29) is 16.9 Å². The Morgan fingerprint density at radius 3 is 2.55 bits per heavy atom. The number of hydrogen-bond donors (Lipinski definition) is 0. The second kappa shape index (κ2) is 4.64. The zero-order valence-corrected chi connectivity index (χ0v) is 10.9. The Labute approximate surface area is 114 Å². The van der Waals surface area contributed by atoms with Crippen molar-refractivity contribution >= 4 is 23.0 Å². The van der Waals surface area contributed by atoms with Crippen molar-refractivity contribution in [3.63, 3.8) is 0 Å². The number of rotatable bonds is 2. The van der Waals surface area contributed by atoms with E-state index in [4.69, 9.17) is 0 Å². The third-order valence-electron chi connectivity index (χ3n) is 3.63. The van der Waals surface area contributed by atoms with Crippen LogP contribution in [0.2, 0.25) is 0 Å². The van der Waals surface area contributed by atoms with Gasteiger partial charge in [0.2, 0.25) is 0 Å². The van der Waals surface area contributed by atoms with Crippen molar-refractivity contribution < 1.29 is 9.72 Å². The molecule has 0 saturated carbocycles. The van der Waals surface area contributed by atoms with Crippen molar-refractivity contribution in [2.45, 2.75) is 0 Å². The van der Waals surface area contributed by atoms with Gasteiger partial charge in [0.05, 0.1) is 10.6 Å². The molecule has 8 nitrogen and oxygen atoms in total. The molecular formula is C12H13N5O3. The van der Waals surface area contributed by atoms with Gasteiger partial charge in [0, 0.05) is 32.2 Å². The smallest absolute Gasteiger partial charge is 0.300 e. The third-order valence-corrected chi connectivity index (χ3v) is 3.63. The summed E-state index contributed by atoms with van der Waals surface area (Å²) in [5.74, 6) is -0.502. The number of hydrogen-bond acceptors (Lipinski definition) is 6. The Morgan fingerprint density at radius 1 is 1.20 bits per heavy atom. The molecule has 2 heterocycles. The third kappa shape index (κ3) is 1.94. The maximum Gasteiger partial charge on any atom is 0.300 e. The maximum absolute atomic E-state index is 11.8.